The van der Waals surface area contributed by atoms with E-state index in [9.17, 15) is 17.6 Å². The summed E-state index contributed by atoms with van der Waals surface area (Å²) in [5.74, 6) is -5.57. The van der Waals surface area contributed by atoms with E-state index in [1.165, 1.54) is 6.92 Å². The third-order valence-electron chi connectivity index (χ3n) is 3.52. The summed E-state index contributed by atoms with van der Waals surface area (Å²) in [6.07, 6.45) is 1.11. The highest BCUT2D eigenvalue weighted by Gasteiger charge is 2.30. The van der Waals surface area contributed by atoms with Crippen LogP contribution in [0.25, 0.3) is 0 Å². The van der Waals surface area contributed by atoms with E-state index in [-0.39, 0.29) is 12.3 Å². The third-order valence-corrected chi connectivity index (χ3v) is 3.52. The maximum absolute atomic E-state index is 14.0. The molecule has 0 aliphatic carbocycles. The van der Waals surface area contributed by atoms with Crippen molar-refractivity contribution < 1.29 is 17.6 Å². The molecule has 0 nitrogen and oxygen atoms in total. The Labute approximate surface area is 111 Å². The Balaban J connectivity index is 3.51. The first kappa shape index (κ1) is 16.0. The molecule has 0 saturated carbocycles. The van der Waals surface area contributed by atoms with E-state index in [4.69, 9.17) is 0 Å². The molecule has 0 bridgehead atoms. The molecule has 1 rings (SSSR count). The topological polar surface area (TPSA) is 0 Å². The smallest absolute Gasteiger partial charge is 0.165 e. The van der Waals surface area contributed by atoms with Crippen LogP contribution in [0.4, 0.5) is 17.6 Å². The molecule has 19 heavy (non-hydrogen) atoms. The van der Waals surface area contributed by atoms with E-state index in [1.807, 2.05) is 6.92 Å². The van der Waals surface area contributed by atoms with Gasteiger partial charge < -0.3 is 0 Å². The summed E-state index contributed by atoms with van der Waals surface area (Å²) in [7, 11) is 0. The zero-order valence-corrected chi connectivity index (χ0v) is 11.8. The summed E-state index contributed by atoms with van der Waals surface area (Å²) in [6, 6.07) is 0. The summed E-state index contributed by atoms with van der Waals surface area (Å²) in [5.41, 5.74) is -0.957. The fourth-order valence-corrected chi connectivity index (χ4v) is 2.45. The number of halogens is 4. The highest BCUT2D eigenvalue weighted by atomic mass is 19.2. The fourth-order valence-electron chi connectivity index (χ4n) is 2.45. The van der Waals surface area contributed by atoms with Gasteiger partial charge in [-0.3, -0.25) is 0 Å². The Morgan fingerprint density at radius 3 is 1.63 bits per heavy atom. The van der Waals surface area contributed by atoms with Crippen molar-refractivity contribution in [1.82, 2.24) is 0 Å². The molecule has 0 aliphatic rings. The van der Waals surface area contributed by atoms with Crippen LogP contribution in [0.5, 0.6) is 0 Å². The minimum Gasteiger partial charge on any atom is -0.203 e. The van der Waals surface area contributed by atoms with Crippen molar-refractivity contribution in [3.8, 4) is 0 Å². The van der Waals surface area contributed by atoms with Crippen molar-refractivity contribution >= 4 is 0 Å². The molecule has 1 aromatic carbocycles. The van der Waals surface area contributed by atoms with E-state index >= 15 is 0 Å². The molecule has 0 amide bonds. The largest absolute Gasteiger partial charge is 0.203 e. The molecule has 0 saturated heterocycles. The SMILES string of the molecule is CCCC(c1c(F)c(F)c(CC)c(F)c1F)C(C)C. The lowest BCUT2D eigenvalue weighted by atomic mass is 9.83. The third kappa shape index (κ3) is 2.93. The van der Waals surface area contributed by atoms with Gasteiger partial charge in [0, 0.05) is 11.1 Å². The van der Waals surface area contributed by atoms with Crippen LogP contribution in [-0.4, -0.2) is 0 Å². The maximum Gasteiger partial charge on any atom is 0.165 e. The van der Waals surface area contributed by atoms with Crippen LogP contribution >= 0.6 is 0 Å². The van der Waals surface area contributed by atoms with Crippen LogP contribution in [0.2, 0.25) is 0 Å². The van der Waals surface area contributed by atoms with Crippen LogP contribution in [0, 0.1) is 29.2 Å². The molecule has 4 heteroatoms. The van der Waals surface area contributed by atoms with Crippen molar-refractivity contribution in [2.75, 3.05) is 0 Å². The molecule has 0 N–H and O–H groups in total. The normalized spacial score (nSPS) is 13.1. The molecule has 108 valence electrons. The molecule has 1 atom stereocenters. The second-order valence-electron chi connectivity index (χ2n) is 5.14. The number of benzene rings is 1. The van der Waals surface area contributed by atoms with Gasteiger partial charge in [-0.05, 0) is 24.7 Å². The molecular formula is C15H20F4. The van der Waals surface area contributed by atoms with Crippen LogP contribution in [0.1, 0.15) is 57.6 Å². The van der Waals surface area contributed by atoms with E-state index in [0.29, 0.717) is 12.8 Å². The van der Waals surface area contributed by atoms with E-state index in [0.717, 1.165) is 0 Å². The Morgan fingerprint density at radius 1 is 0.842 bits per heavy atom. The number of hydrogen-bond donors (Lipinski definition) is 0. The second kappa shape index (κ2) is 6.40. The molecule has 0 heterocycles. The number of rotatable bonds is 5. The molecule has 1 unspecified atom stereocenters. The standard InChI is InChI=1S/C15H20F4/c1-5-7-10(8(3)4)11-14(18)12(16)9(6-2)13(17)15(11)19/h8,10H,5-7H2,1-4H3. The van der Waals surface area contributed by atoms with Gasteiger partial charge in [0.15, 0.2) is 23.3 Å². The van der Waals surface area contributed by atoms with E-state index in [1.54, 1.807) is 13.8 Å². The van der Waals surface area contributed by atoms with Gasteiger partial charge in [-0.1, -0.05) is 34.1 Å². The first-order valence-electron chi connectivity index (χ1n) is 6.71. The minimum atomic E-state index is -1.25. The van der Waals surface area contributed by atoms with E-state index in [2.05, 4.69) is 0 Å². The molecule has 0 spiro atoms. The molecule has 0 fully saturated rings. The lowest BCUT2D eigenvalue weighted by Gasteiger charge is -2.23. The average Bonchev–Trinajstić information content (AvgIpc) is 2.36. The first-order valence-corrected chi connectivity index (χ1v) is 6.71. The van der Waals surface area contributed by atoms with Crippen molar-refractivity contribution in [3.63, 3.8) is 0 Å². The Hall–Kier alpha value is -1.06. The highest BCUT2D eigenvalue weighted by molar-refractivity contribution is 5.32. The van der Waals surface area contributed by atoms with E-state index < -0.39 is 40.3 Å². The molecular weight excluding hydrogens is 256 g/mol. The summed E-state index contributed by atoms with van der Waals surface area (Å²) < 4.78 is 55.7. The lowest BCUT2D eigenvalue weighted by Crippen LogP contribution is -2.16. The van der Waals surface area contributed by atoms with Gasteiger partial charge >= 0.3 is 0 Å². The van der Waals surface area contributed by atoms with Gasteiger partial charge in [0.25, 0.3) is 0 Å². The summed E-state index contributed by atoms with van der Waals surface area (Å²) in [5, 5.41) is 0. The quantitative estimate of drug-likeness (QED) is 0.502. The van der Waals surface area contributed by atoms with Crippen LogP contribution in [0.3, 0.4) is 0 Å². The Morgan fingerprint density at radius 2 is 1.32 bits per heavy atom. The number of hydrogen-bond acceptors (Lipinski definition) is 0. The van der Waals surface area contributed by atoms with Crippen molar-refractivity contribution in [2.45, 2.75) is 52.9 Å². The van der Waals surface area contributed by atoms with Crippen molar-refractivity contribution in [1.29, 1.82) is 0 Å². The molecule has 0 aromatic heterocycles. The van der Waals surface area contributed by atoms with Crippen molar-refractivity contribution in [2.24, 2.45) is 5.92 Å². The maximum atomic E-state index is 14.0. The zero-order valence-electron chi connectivity index (χ0n) is 11.8. The summed E-state index contributed by atoms with van der Waals surface area (Å²) in [4.78, 5) is 0. The average molecular weight is 276 g/mol. The Kier molecular flexibility index (Phi) is 5.39. The molecule has 0 radical (unpaired) electrons. The van der Waals surface area contributed by atoms with Gasteiger partial charge in [0.05, 0.1) is 0 Å². The predicted molar refractivity (Wildman–Crippen MR) is 68.1 cm³/mol. The highest BCUT2D eigenvalue weighted by Crippen LogP contribution is 2.36. The van der Waals surface area contributed by atoms with Crippen molar-refractivity contribution in [3.05, 3.63) is 34.4 Å². The molecule has 0 aliphatic heterocycles. The predicted octanol–water partition coefficient (Wildman–Crippen LogP) is 5.35. The second-order valence-corrected chi connectivity index (χ2v) is 5.14. The van der Waals surface area contributed by atoms with Crippen LogP contribution in [0.15, 0.2) is 0 Å². The minimum absolute atomic E-state index is 0.0775. The van der Waals surface area contributed by atoms with Crippen LogP contribution < -0.4 is 0 Å². The van der Waals surface area contributed by atoms with Gasteiger partial charge in [0.2, 0.25) is 0 Å². The fraction of sp³-hybridized carbons (Fsp3) is 0.600. The zero-order chi connectivity index (χ0) is 14.7. The van der Waals surface area contributed by atoms with Gasteiger partial charge in [-0.2, -0.15) is 0 Å². The molecule has 1 aromatic rings. The Bertz CT molecular complexity index is 423. The monoisotopic (exact) mass is 276 g/mol. The summed E-state index contributed by atoms with van der Waals surface area (Å²) in [6.45, 7) is 6.93. The lowest BCUT2D eigenvalue weighted by molar-refractivity contribution is 0.378. The first-order chi connectivity index (χ1) is 8.86. The van der Waals surface area contributed by atoms with Gasteiger partial charge in [0.1, 0.15) is 0 Å². The van der Waals surface area contributed by atoms with Gasteiger partial charge in [-0.25, -0.2) is 17.6 Å². The van der Waals surface area contributed by atoms with Gasteiger partial charge in [-0.15, -0.1) is 0 Å². The summed E-state index contributed by atoms with van der Waals surface area (Å²) >= 11 is 0. The van der Waals surface area contributed by atoms with Crippen LogP contribution in [-0.2, 0) is 6.42 Å².